The van der Waals surface area contributed by atoms with Crippen molar-refractivity contribution in [3.05, 3.63) is 0 Å². The molecule has 5 heteroatoms. The summed E-state index contributed by atoms with van der Waals surface area (Å²) in [6.45, 7) is 1.01. The Kier molecular flexibility index (Phi) is 6.58. The van der Waals surface area contributed by atoms with Gasteiger partial charge in [-0.15, -0.1) is 0 Å². The maximum absolute atomic E-state index is 8.22. The fourth-order valence-corrected chi connectivity index (χ4v) is 0.685. The highest BCUT2D eigenvalue weighted by atomic mass is 31.2. The molecule has 0 aliphatic heterocycles. The van der Waals surface area contributed by atoms with E-state index in [1.165, 1.54) is 0 Å². The van der Waals surface area contributed by atoms with E-state index in [1.807, 2.05) is 0 Å². The number of rotatable bonds is 5. The summed E-state index contributed by atoms with van der Waals surface area (Å²) >= 11 is 0. The summed E-state index contributed by atoms with van der Waals surface area (Å²) < 4.78 is 4.46. The van der Waals surface area contributed by atoms with Crippen molar-refractivity contribution in [1.29, 1.82) is 0 Å². The van der Waals surface area contributed by atoms with E-state index in [4.69, 9.17) is 15.5 Å². The lowest BCUT2D eigenvalue weighted by molar-refractivity contribution is 0.250. The Morgan fingerprint density at radius 3 is 2.44 bits per heavy atom. The molecule has 0 unspecified atom stereocenters. The van der Waals surface area contributed by atoms with Gasteiger partial charge in [0.25, 0.3) is 0 Å². The summed E-state index contributed by atoms with van der Waals surface area (Å²) in [5.74, 6) is 0. The fraction of sp³-hybridized carbons (Fsp3) is 1.00. The largest absolute Gasteiger partial charge is 0.330 e. The van der Waals surface area contributed by atoms with Crippen LogP contribution in [0.15, 0.2) is 0 Å². The summed E-state index contributed by atoms with van der Waals surface area (Å²) in [6, 6.07) is 0. The van der Waals surface area contributed by atoms with Gasteiger partial charge in [-0.05, 0) is 19.4 Å². The SMILES string of the molecule is NCCCCOP(O)O. The van der Waals surface area contributed by atoms with E-state index in [9.17, 15) is 0 Å². The van der Waals surface area contributed by atoms with Gasteiger partial charge in [-0.25, -0.2) is 0 Å². The third-order valence-corrected chi connectivity index (χ3v) is 1.22. The third-order valence-electron chi connectivity index (χ3n) is 0.805. The van der Waals surface area contributed by atoms with Crippen LogP contribution in [0.2, 0.25) is 0 Å². The monoisotopic (exact) mass is 153 g/mol. The number of nitrogens with two attached hydrogens (primary N) is 1. The van der Waals surface area contributed by atoms with Crippen LogP contribution in [0.4, 0.5) is 0 Å². The predicted molar refractivity (Wildman–Crippen MR) is 35.6 cm³/mol. The van der Waals surface area contributed by atoms with E-state index >= 15 is 0 Å². The van der Waals surface area contributed by atoms with E-state index in [1.54, 1.807) is 0 Å². The molecule has 0 aromatic carbocycles. The topological polar surface area (TPSA) is 75.7 Å². The van der Waals surface area contributed by atoms with Gasteiger partial charge in [0.2, 0.25) is 0 Å². The normalized spacial score (nSPS) is 10.7. The van der Waals surface area contributed by atoms with Crippen LogP contribution in [0.25, 0.3) is 0 Å². The summed E-state index contributed by atoms with van der Waals surface area (Å²) in [5, 5.41) is 0. The van der Waals surface area contributed by atoms with Gasteiger partial charge >= 0.3 is 8.60 Å². The zero-order valence-electron chi connectivity index (χ0n) is 5.16. The lowest BCUT2D eigenvalue weighted by atomic mass is 10.3. The first-order valence-corrected chi connectivity index (χ1v) is 3.94. The zero-order valence-corrected chi connectivity index (χ0v) is 6.05. The van der Waals surface area contributed by atoms with Gasteiger partial charge in [0.05, 0.1) is 6.61 Å². The van der Waals surface area contributed by atoms with E-state index in [2.05, 4.69) is 4.52 Å². The maximum atomic E-state index is 8.22. The molecule has 0 fully saturated rings. The molecule has 0 aliphatic carbocycles. The van der Waals surface area contributed by atoms with Crippen molar-refractivity contribution in [2.24, 2.45) is 5.73 Å². The molecule has 0 amide bonds. The van der Waals surface area contributed by atoms with Gasteiger partial charge in [0.1, 0.15) is 0 Å². The first-order chi connectivity index (χ1) is 4.27. The van der Waals surface area contributed by atoms with E-state index in [0.29, 0.717) is 13.2 Å². The van der Waals surface area contributed by atoms with Crippen molar-refractivity contribution in [3.63, 3.8) is 0 Å². The van der Waals surface area contributed by atoms with Gasteiger partial charge in [0.15, 0.2) is 0 Å². The van der Waals surface area contributed by atoms with Crippen molar-refractivity contribution in [2.45, 2.75) is 12.8 Å². The van der Waals surface area contributed by atoms with Crippen molar-refractivity contribution < 1.29 is 14.3 Å². The molecule has 4 N–H and O–H groups in total. The molecular weight excluding hydrogens is 141 g/mol. The molecule has 4 nitrogen and oxygen atoms in total. The average Bonchev–Trinajstić information content (AvgIpc) is 1.80. The van der Waals surface area contributed by atoms with Crippen LogP contribution in [0, 0.1) is 0 Å². The molecule has 0 atom stereocenters. The first kappa shape index (κ1) is 9.27. The van der Waals surface area contributed by atoms with Gasteiger partial charge in [-0.3, -0.25) is 0 Å². The fourth-order valence-electron chi connectivity index (χ4n) is 0.393. The summed E-state index contributed by atoms with van der Waals surface area (Å²) in [7, 11) is -2.16. The second-order valence-electron chi connectivity index (χ2n) is 1.58. The van der Waals surface area contributed by atoms with Crippen LogP contribution in [-0.4, -0.2) is 22.9 Å². The van der Waals surface area contributed by atoms with Crippen LogP contribution in [-0.2, 0) is 4.52 Å². The molecule has 0 spiro atoms. The van der Waals surface area contributed by atoms with Crippen LogP contribution in [0.3, 0.4) is 0 Å². The van der Waals surface area contributed by atoms with Gasteiger partial charge < -0.3 is 20.0 Å². The zero-order chi connectivity index (χ0) is 7.11. The Balaban J connectivity index is 2.75. The molecule has 0 saturated heterocycles. The quantitative estimate of drug-likeness (QED) is 0.382. The molecule has 0 bridgehead atoms. The van der Waals surface area contributed by atoms with E-state index < -0.39 is 8.60 Å². The minimum Gasteiger partial charge on any atom is -0.330 e. The number of hydrogen-bond acceptors (Lipinski definition) is 4. The second-order valence-corrected chi connectivity index (χ2v) is 2.35. The molecule has 9 heavy (non-hydrogen) atoms. The van der Waals surface area contributed by atoms with Crippen LogP contribution in [0.1, 0.15) is 12.8 Å². The lowest BCUT2D eigenvalue weighted by Gasteiger charge is -2.01. The molecule has 0 saturated carbocycles. The number of hydrogen-bond donors (Lipinski definition) is 3. The molecule has 0 aromatic heterocycles. The van der Waals surface area contributed by atoms with Gasteiger partial charge in [-0.2, -0.15) is 0 Å². The van der Waals surface area contributed by atoms with Crippen LogP contribution < -0.4 is 5.73 Å². The lowest BCUT2D eigenvalue weighted by Crippen LogP contribution is -2.00. The summed E-state index contributed by atoms with van der Waals surface area (Å²) in [5.41, 5.74) is 5.17. The first-order valence-electron chi connectivity index (χ1n) is 2.78. The Labute approximate surface area is 55.6 Å². The highest BCUT2D eigenvalue weighted by Gasteiger charge is 1.96. The Morgan fingerprint density at radius 2 is 2.00 bits per heavy atom. The highest BCUT2D eigenvalue weighted by molar-refractivity contribution is 7.39. The molecule has 0 rings (SSSR count). The molecular formula is C4H12NO3P. The minimum absolute atomic E-state index is 0.385. The molecule has 0 heterocycles. The molecule has 0 radical (unpaired) electrons. The average molecular weight is 153 g/mol. The van der Waals surface area contributed by atoms with Crippen molar-refractivity contribution >= 4 is 8.60 Å². The third kappa shape index (κ3) is 8.27. The van der Waals surface area contributed by atoms with Gasteiger partial charge in [0, 0.05) is 0 Å². The summed E-state index contributed by atoms with van der Waals surface area (Å²) in [4.78, 5) is 16.4. The molecule has 0 aliphatic rings. The van der Waals surface area contributed by atoms with Crippen LogP contribution in [0.5, 0.6) is 0 Å². The van der Waals surface area contributed by atoms with Crippen molar-refractivity contribution in [3.8, 4) is 0 Å². The van der Waals surface area contributed by atoms with Crippen LogP contribution >= 0.6 is 8.60 Å². The highest BCUT2D eigenvalue weighted by Crippen LogP contribution is 2.23. The molecule has 0 aromatic rings. The summed E-state index contributed by atoms with van der Waals surface area (Å²) in [6.07, 6.45) is 1.65. The Morgan fingerprint density at radius 1 is 1.33 bits per heavy atom. The second kappa shape index (κ2) is 6.39. The Bertz CT molecular complexity index is 61.8. The number of unbranched alkanes of at least 4 members (excludes halogenated alkanes) is 1. The maximum Gasteiger partial charge on any atom is 0.327 e. The van der Waals surface area contributed by atoms with Crippen molar-refractivity contribution in [1.82, 2.24) is 0 Å². The van der Waals surface area contributed by atoms with E-state index in [-0.39, 0.29) is 0 Å². The van der Waals surface area contributed by atoms with Gasteiger partial charge in [-0.1, -0.05) is 0 Å². The standard InChI is InChI=1S/C4H12NO3P/c5-3-1-2-4-8-9(6)7/h6-7H,1-5H2. The predicted octanol–water partition coefficient (Wildman–Crippen LogP) is -0.0466. The van der Waals surface area contributed by atoms with E-state index in [0.717, 1.165) is 12.8 Å². The molecule has 56 valence electrons. The Hall–Kier alpha value is 0.270. The smallest absolute Gasteiger partial charge is 0.327 e. The van der Waals surface area contributed by atoms with Crippen molar-refractivity contribution in [2.75, 3.05) is 13.2 Å². The minimum atomic E-state index is -2.16.